The summed E-state index contributed by atoms with van der Waals surface area (Å²) >= 11 is 0. The van der Waals surface area contributed by atoms with Crippen molar-refractivity contribution in [1.29, 1.82) is 0 Å². The van der Waals surface area contributed by atoms with Crippen LogP contribution in [0.1, 0.15) is 32.1 Å². The Kier molecular flexibility index (Phi) is 3.86. The zero-order valence-electron chi connectivity index (χ0n) is 13.7. The van der Waals surface area contributed by atoms with Crippen molar-refractivity contribution in [2.24, 2.45) is 5.92 Å². The van der Waals surface area contributed by atoms with Crippen molar-refractivity contribution in [3.05, 3.63) is 18.5 Å². The summed E-state index contributed by atoms with van der Waals surface area (Å²) in [4.78, 5) is 37.3. The molecule has 1 spiro atoms. The third kappa shape index (κ3) is 2.61. The van der Waals surface area contributed by atoms with Gasteiger partial charge in [-0.25, -0.2) is 9.97 Å². The lowest BCUT2D eigenvalue weighted by Crippen LogP contribution is -2.53. The Balaban J connectivity index is 1.42. The number of nitrogens with zero attached hydrogens (tertiary/aromatic N) is 4. The molecule has 4 rings (SSSR count). The quantitative estimate of drug-likeness (QED) is 0.753. The van der Waals surface area contributed by atoms with E-state index in [2.05, 4.69) is 14.9 Å². The number of anilines is 1. The maximum Gasteiger partial charge on any atom is 0.307 e. The molecule has 3 heterocycles. The molecule has 0 N–H and O–H groups in total. The predicted molar refractivity (Wildman–Crippen MR) is 86.2 cm³/mol. The highest BCUT2D eigenvalue weighted by molar-refractivity contribution is 5.88. The molecule has 1 saturated carbocycles. The van der Waals surface area contributed by atoms with Crippen LogP contribution in [0.15, 0.2) is 18.5 Å². The summed E-state index contributed by atoms with van der Waals surface area (Å²) in [7, 11) is 0. The van der Waals surface area contributed by atoms with Gasteiger partial charge in [0.2, 0.25) is 11.9 Å². The zero-order valence-corrected chi connectivity index (χ0v) is 13.7. The van der Waals surface area contributed by atoms with E-state index >= 15 is 0 Å². The molecular weight excluding hydrogens is 308 g/mol. The topological polar surface area (TPSA) is 75.6 Å². The summed E-state index contributed by atoms with van der Waals surface area (Å²) in [6, 6.07) is 1.79. The van der Waals surface area contributed by atoms with Crippen molar-refractivity contribution in [3.8, 4) is 0 Å². The van der Waals surface area contributed by atoms with Crippen LogP contribution in [0.5, 0.6) is 0 Å². The van der Waals surface area contributed by atoms with E-state index in [9.17, 15) is 9.59 Å². The SMILES string of the molecule is O=C1CC(C(=O)N2CCN(c3ncccn3)CC2)C2(CCCC2)O1. The van der Waals surface area contributed by atoms with E-state index in [1.807, 2.05) is 4.90 Å². The second-order valence-corrected chi connectivity index (χ2v) is 6.86. The van der Waals surface area contributed by atoms with Crippen LogP contribution in [0.4, 0.5) is 5.95 Å². The minimum atomic E-state index is -0.520. The number of carbonyl (C=O) groups is 2. The number of hydrogen-bond acceptors (Lipinski definition) is 6. The van der Waals surface area contributed by atoms with Gasteiger partial charge in [-0.15, -0.1) is 0 Å². The molecule has 1 unspecified atom stereocenters. The van der Waals surface area contributed by atoms with E-state index in [4.69, 9.17) is 4.74 Å². The Morgan fingerprint density at radius 3 is 2.46 bits per heavy atom. The van der Waals surface area contributed by atoms with Crippen molar-refractivity contribution >= 4 is 17.8 Å². The summed E-state index contributed by atoms with van der Waals surface area (Å²) in [5, 5.41) is 0. The molecule has 3 aliphatic rings. The van der Waals surface area contributed by atoms with Crippen LogP contribution in [0.25, 0.3) is 0 Å². The third-order valence-corrected chi connectivity index (χ3v) is 5.50. The molecular formula is C17H22N4O3. The van der Waals surface area contributed by atoms with E-state index in [0.29, 0.717) is 32.1 Å². The molecule has 7 nitrogen and oxygen atoms in total. The first-order chi connectivity index (χ1) is 11.7. The van der Waals surface area contributed by atoms with Crippen LogP contribution in [0, 0.1) is 5.92 Å². The maximum atomic E-state index is 13.0. The van der Waals surface area contributed by atoms with Crippen LogP contribution in [-0.2, 0) is 14.3 Å². The molecule has 1 aliphatic carbocycles. The summed E-state index contributed by atoms with van der Waals surface area (Å²) in [5.41, 5.74) is -0.520. The van der Waals surface area contributed by atoms with E-state index in [-0.39, 0.29) is 24.2 Å². The van der Waals surface area contributed by atoms with Crippen LogP contribution < -0.4 is 4.90 Å². The summed E-state index contributed by atoms with van der Waals surface area (Å²) < 4.78 is 5.61. The fourth-order valence-corrected chi connectivity index (χ4v) is 4.23. The Morgan fingerprint density at radius 1 is 1.12 bits per heavy atom. The average molecular weight is 330 g/mol. The fourth-order valence-electron chi connectivity index (χ4n) is 4.23. The first-order valence-electron chi connectivity index (χ1n) is 8.71. The van der Waals surface area contributed by atoms with Crippen molar-refractivity contribution in [1.82, 2.24) is 14.9 Å². The number of piperazine rings is 1. The summed E-state index contributed by atoms with van der Waals surface area (Å²) in [5.74, 6) is 0.270. The van der Waals surface area contributed by atoms with Gasteiger partial charge in [0.15, 0.2) is 0 Å². The monoisotopic (exact) mass is 330 g/mol. The highest BCUT2D eigenvalue weighted by Gasteiger charge is 2.54. The largest absolute Gasteiger partial charge is 0.458 e. The standard InChI is InChI=1S/C17H22N4O3/c22-14-12-13(17(24-14)4-1-2-5-17)15(23)20-8-10-21(11-9-20)16-18-6-3-7-19-16/h3,6-7,13H,1-2,4-5,8-12H2. The Hall–Kier alpha value is -2.18. The predicted octanol–water partition coefficient (Wildman–Crippen LogP) is 1.00. The van der Waals surface area contributed by atoms with Crippen LogP contribution in [0.3, 0.4) is 0 Å². The molecule has 128 valence electrons. The fraction of sp³-hybridized carbons (Fsp3) is 0.647. The van der Waals surface area contributed by atoms with Gasteiger partial charge >= 0.3 is 5.97 Å². The smallest absolute Gasteiger partial charge is 0.307 e. The molecule has 1 amide bonds. The van der Waals surface area contributed by atoms with Crippen LogP contribution in [-0.4, -0.2) is 58.5 Å². The van der Waals surface area contributed by atoms with Crippen molar-refractivity contribution in [3.63, 3.8) is 0 Å². The highest BCUT2D eigenvalue weighted by atomic mass is 16.6. The van der Waals surface area contributed by atoms with E-state index < -0.39 is 5.60 Å². The molecule has 2 aliphatic heterocycles. The first-order valence-corrected chi connectivity index (χ1v) is 8.71. The number of hydrogen-bond donors (Lipinski definition) is 0. The van der Waals surface area contributed by atoms with Gasteiger partial charge in [-0.1, -0.05) is 0 Å². The lowest BCUT2D eigenvalue weighted by atomic mass is 9.84. The van der Waals surface area contributed by atoms with E-state index in [0.717, 1.165) is 25.7 Å². The van der Waals surface area contributed by atoms with Crippen molar-refractivity contribution in [2.75, 3.05) is 31.1 Å². The van der Waals surface area contributed by atoms with Crippen molar-refractivity contribution in [2.45, 2.75) is 37.7 Å². The number of aromatic nitrogens is 2. The lowest BCUT2D eigenvalue weighted by Gasteiger charge is -2.38. The van der Waals surface area contributed by atoms with Gasteiger partial charge in [-0.2, -0.15) is 0 Å². The second kappa shape index (κ2) is 6.03. The Bertz CT molecular complexity index is 622. The minimum Gasteiger partial charge on any atom is -0.458 e. The van der Waals surface area contributed by atoms with Crippen molar-refractivity contribution < 1.29 is 14.3 Å². The zero-order chi connectivity index (χ0) is 16.6. The lowest BCUT2D eigenvalue weighted by molar-refractivity contribution is -0.151. The van der Waals surface area contributed by atoms with E-state index in [1.165, 1.54) is 0 Å². The number of amides is 1. The van der Waals surface area contributed by atoms with Gasteiger partial charge in [0.05, 0.1) is 12.3 Å². The average Bonchev–Trinajstić information content (AvgIpc) is 3.22. The molecule has 0 bridgehead atoms. The molecule has 1 aromatic heterocycles. The normalized spacial score (nSPS) is 26.0. The second-order valence-electron chi connectivity index (χ2n) is 6.86. The maximum absolute atomic E-state index is 13.0. The number of carbonyl (C=O) groups excluding carboxylic acids is 2. The van der Waals surface area contributed by atoms with Gasteiger partial charge in [0.25, 0.3) is 0 Å². The molecule has 24 heavy (non-hydrogen) atoms. The number of rotatable bonds is 2. The van der Waals surface area contributed by atoms with Gasteiger partial charge in [-0.05, 0) is 31.7 Å². The molecule has 3 fully saturated rings. The molecule has 7 heteroatoms. The molecule has 1 atom stereocenters. The summed E-state index contributed by atoms with van der Waals surface area (Å²) in [6.45, 7) is 2.70. The Morgan fingerprint density at radius 2 is 1.79 bits per heavy atom. The highest BCUT2D eigenvalue weighted by Crippen LogP contribution is 2.46. The number of ether oxygens (including phenoxy) is 1. The van der Waals surface area contributed by atoms with E-state index in [1.54, 1.807) is 18.5 Å². The molecule has 0 radical (unpaired) electrons. The third-order valence-electron chi connectivity index (χ3n) is 5.50. The number of esters is 1. The summed E-state index contributed by atoms with van der Waals surface area (Å²) in [6.07, 6.45) is 7.42. The van der Waals surface area contributed by atoms with Crippen LogP contribution >= 0.6 is 0 Å². The molecule has 0 aromatic carbocycles. The minimum absolute atomic E-state index is 0.0800. The van der Waals surface area contributed by atoms with Gasteiger partial charge in [0, 0.05) is 38.6 Å². The van der Waals surface area contributed by atoms with Gasteiger partial charge < -0.3 is 14.5 Å². The van der Waals surface area contributed by atoms with Crippen LogP contribution in [0.2, 0.25) is 0 Å². The molecule has 2 saturated heterocycles. The van der Waals surface area contributed by atoms with Gasteiger partial charge in [-0.3, -0.25) is 9.59 Å². The molecule has 1 aromatic rings. The first kappa shape index (κ1) is 15.4. The Labute approximate surface area is 141 Å². The van der Waals surface area contributed by atoms with Gasteiger partial charge in [0.1, 0.15) is 5.60 Å².